The number of ether oxygens (including phenoxy) is 1. The van der Waals surface area contributed by atoms with Crippen molar-refractivity contribution in [2.24, 2.45) is 5.92 Å². The molecule has 88 valence electrons. The summed E-state index contributed by atoms with van der Waals surface area (Å²) in [6, 6.07) is 0. The van der Waals surface area contributed by atoms with Crippen molar-refractivity contribution >= 4 is 11.8 Å². The third-order valence-electron chi connectivity index (χ3n) is 3.31. The fourth-order valence-corrected chi connectivity index (χ4v) is 3.49. The van der Waals surface area contributed by atoms with E-state index < -0.39 is 5.60 Å². The lowest BCUT2D eigenvalue weighted by molar-refractivity contribution is 0.0528. The van der Waals surface area contributed by atoms with Crippen molar-refractivity contribution in [3.8, 4) is 0 Å². The van der Waals surface area contributed by atoms with Crippen LogP contribution in [-0.2, 0) is 4.74 Å². The van der Waals surface area contributed by atoms with E-state index in [1.165, 1.54) is 12.8 Å². The molecule has 15 heavy (non-hydrogen) atoms. The van der Waals surface area contributed by atoms with Crippen molar-refractivity contribution in [2.75, 3.05) is 37.8 Å². The Balaban J connectivity index is 1.61. The Hall–Kier alpha value is 0.230. The van der Waals surface area contributed by atoms with E-state index in [0.717, 1.165) is 50.1 Å². The lowest BCUT2D eigenvalue weighted by Crippen LogP contribution is -2.42. The van der Waals surface area contributed by atoms with Crippen LogP contribution in [0.3, 0.4) is 0 Å². The number of thioether (sulfide) groups is 1. The summed E-state index contributed by atoms with van der Waals surface area (Å²) in [4.78, 5) is 0. The summed E-state index contributed by atoms with van der Waals surface area (Å²) in [7, 11) is 0. The number of hydrogen-bond acceptors (Lipinski definition) is 4. The molecule has 2 aliphatic rings. The molecule has 3 nitrogen and oxygen atoms in total. The van der Waals surface area contributed by atoms with E-state index in [4.69, 9.17) is 4.74 Å². The summed E-state index contributed by atoms with van der Waals surface area (Å²) < 4.78 is 5.32. The Morgan fingerprint density at radius 3 is 2.87 bits per heavy atom. The lowest BCUT2D eigenvalue weighted by atomic mass is 9.99. The third-order valence-corrected chi connectivity index (χ3v) is 4.54. The molecule has 4 heteroatoms. The van der Waals surface area contributed by atoms with Gasteiger partial charge in [-0.15, -0.1) is 0 Å². The maximum atomic E-state index is 10.1. The number of nitrogens with one attached hydrogen (secondary N) is 1. The van der Waals surface area contributed by atoms with Gasteiger partial charge in [0.15, 0.2) is 0 Å². The van der Waals surface area contributed by atoms with E-state index >= 15 is 0 Å². The third kappa shape index (κ3) is 3.63. The van der Waals surface area contributed by atoms with Crippen LogP contribution in [0.15, 0.2) is 0 Å². The summed E-state index contributed by atoms with van der Waals surface area (Å²) in [6.45, 7) is 3.62. The molecule has 0 aliphatic carbocycles. The number of hydrogen-bond donors (Lipinski definition) is 2. The van der Waals surface area contributed by atoms with Crippen LogP contribution in [-0.4, -0.2) is 48.5 Å². The summed E-state index contributed by atoms with van der Waals surface area (Å²) in [5, 5.41) is 13.5. The highest BCUT2D eigenvalue weighted by atomic mass is 32.2. The summed E-state index contributed by atoms with van der Waals surface area (Å²) >= 11 is 1.86. The first-order valence-electron chi connectivity index (χ1n) is 5.87. The summed E-state index contributed by atoms with van der Waals surface area (Å²) in [5.74, 6) is 2.75. The van der Waals surface area contributed by atoms with Crippen LogP contribution in [0.1, 0.15) is 19.3 Å². The Morgan fingerprint density at radius 2 is 2.20 bits per heavy atom. The van der Waals surface area contributed by atoms with E-state index in [1.807, 2.05) is 11.8 Å². The maximum absolute atomic E-state index is 10.1. The summed E-state index contributed by atoms with van der Waals surface area (Å²) in [6.07, 6.45) is 3.28. The largest absolute Gasteiger partial charge is 0.388 e. The predicted molar refractivity (Wildman–Crippen MR) is 63.3 cm³/mol. The van der Waals surface area contributed by atoms with E-state index in [1.54, 1.807) is 0 Å². The van der Waals surface area contributed by atoms with Crippen LogP contribution >= 0.6 is 11.8 Å². The van der Waals surface area contributed by atoms with Gasteiger partial charge in [0.1, 0.15) is 0 Å². The molecule has 0 saturated carbocycles. The minimum absolute atomic E-state index is 0.435. The average Bonchev–Trinajstić information content (AvgIpc) is 2.67. The molecule has 1 unspecified atom stereocenters. The summed E-state index contributed by atoms with van der Waals surface area (Å²) in [5.41, 5.74) is -0.435. The van der Waals surface area contributed by atoms with Gasteiger partial charge in [-0.25, -0.2) is 0 Å². The van der Waals surface area contributed by atoms with E-state index in [2.05, 4.69) is 5.32 Å². The molecule has 2 saturated heterocycles. The lowest BCUT2D eigenvalue weighted by Gasteiger charge is -2.26. The minimum atomic E-state index is -0.435. The Labute approximate surface area is 96.0 Å². The van der Waals surface area contributed by atoms with Crippen molar-refractivity contribution in [1.29, 1.82) is 0 Å². The van der Waals surface area contributed by atoms with Gasteiger partial charge in [0.25, 0.3) is 0 Å². The number of rotatable bonds is 4. The predicted octanol–water partition coefficient (Wildman–Crippen LogP) is 0.871. The molecule has 0 amide bonds. The Morgan fingerprint density at radius 1 is 1.40 bits per heavy atom. The first-order valence-corrected chi connectivity index (χ1v) is 7.03. The average molecular weight is 231 g/mol. The van der Waals surface area contributed by atoms with Crippen molar-refractivity contribution in [2.45, 2.75) is 24.9 Å². The first kappa shape index (κ1) is 11.7. The van der Waals surface area contributed by atoms with E-state index in [-0.39, 0.29) is 0 Å². The van der Waals surface area contributed by atoms with Crippen LogP contribution in [0.5, 0.6) is 0 Å². The highest BCUT2D eigenvalue weighted by Gasteiger charge is 2.31. The molecule has 0 aromatic carbocycles. The Kier molecular flexibility index (Phi) is 4.31. The molecule has 0 aromatic heterocycles. The molecule has 2 fully saturated rings. The van der Waals surface area contributed by atoms with Gasteiger partial charge in [-0.1, -0.05) is 0 Å². The standard InChI is InChI=1S/C11H21NO2S/c13-11(3-6-15-9-11)8-12-7-10-1-4-14-5-2-10/h10,12-13H,1-9H2. The maximum Gasteiger partial charge on any atom is 0.0869 e. The van der Waals surface area contributed by atoms with Gasteiger partial charge >= 0.3 is 0 Å². The SMILES string of the molecule is OC1(CNCC2CCOCC2)CCSC1. The second-order valence-corrected chi connectivity index (χ2v) is 5.82. The molecule has 0 aromatic rings. The van der Waals surface area contributed by atoms with Gasteiger partial charge in [0.05, 0.1) is 5.60 Å². The fourth-order valence-electron chi connectivity index (χ4n) is 2.20. The van der Waals surface area contributed by atoms with Gasteiger partial charge in [-0.3, -0.25) is 0 Å². The van der Waals surface area contributed by atoms with Gasteiger partial charge in [0, 0.05) is 25.5 Å². The van der Waals surface area contributed by atoms with Gasteiger partial charge in [-0.05, 0) is 37.5 Å². The highest BCUT2D eigenvalue weighted by Crippen LogP contribution is 2.27. The molecule has 2 aliphatic heterocycles. The molecular weight excluding hydrogens is 210 g/mol. The highest BCUT2D eigenvalue weighted by molar-refractivity contribution is 7.99. The molecule has 2 N–H and O–H groups in total. The molecular formula is C11H21NO2S. The zero-order chi connectivity index (χ0) is 10.6. The monoisotopic (exact) mass is 231 g/mol. The van der Waals surface area contributed by atoms with Crippen LogP contribution in [0.4, 0.5) is 0 Å². The van der Waals surface area contributed by atoms with Crippen LogP contribution < -0.4 is 5.32 Å². The van der Waals surface area contributed by atoms with Gasteiger partial charge in [-0.2, -0.15) is 11.8 Å². The van der Waals surface area contributed by atoms with E-state index in [9.17, 15) is 5.11 Å². The van der Waals surface area contributed by atoms with Crippen molar-refractivity contribution in [3.63, 3.8) is 0 Å². The zero-order valence-electron chi connectivity index (χ0n) is 9.21. The minimum Gasteiger partial charge on any atom is -0.388 e. The van der Waals surface area contributed by atoms with Gasteiger partial charge < -0.3 is 15.2 Å². The quantitative estimate of drug-likeness (QED) is 0.753. The second-order valence-electron chi connectivity index (χ2n) is 4.71. The van der Waals surface area contributed by atoms with Crippen molar-refractivity contribution in [1.82, 2.24) is 5.32 Å². The topological polar surface area (TPSA) is 41.5 Å². The Bertz CT molecular complexity index is 189. The smallest absolute Gasteiger partial charge is 0.0869 e. The van der Waals surface area contributed by atoms with Crippen LogP contribution in [0, 0.1) is 5.92 Å². The normalized spacial score (nSPS) is 33.4. The zero-order valence-corrected chi connectivity index (χ0v) is 10.0. The van der Waals surface area contributed by atoms with E-state index in [0.29, 0.717) is 0 Å². The van der Waals surface area contributed by atoms with Crippen molar-refractivity contribution < 1.29 is 9.84 Å². The molecule has 2 rings (SSSR count). The first-order chi connectivity index (χ1) is 7.29. The molecule has 0 spiro atoms. The number of aliphatic hydroxyl groups is 1. The van der Waals surface area contributed by atoms with Crippen LogP contribution in [0.2, 0.25) is 0 Å². The molecule has 1 atom stereocenters. The second kappa shape index (κ2) is 5.53. The van der Waals surface area contributed by atoms with Gasteiger partial charge in [0.2, 0.25) is 0 Å². The molecule has 2 heterocycles. The molecule has 0 radical (unpaired) electrons. The fraction of sp³-hybridized carbons (Fsp3) is 1.00. The van der Waals surface area contributed by atoms with Crippen molar-refractivity contribution in [3.05, 3.63) is 0 Å². The van der Waals surface area contributed by atoms with Crippen LogP contribution in [0.25, 0.3) is 0 Å². The molecule has 0 bridgehead atoms.